The van der Waals surface area contributed by atoms with Gasteiger partial charge in [-0.05, 0) is 18.6 Å². The van der Waals surface area contributed by atoms with E-state index in [0.29, 0.717) is 36.1 Å². The average molecular weight is 386 g/mol. The first-order valence-corrected chi connectivity index (χ1v) is 9.17. The first-order valence-electron chi connectivity index (χ1n) is 8.18. The van der Waals surface area contributed by atoms with Crippen LogP contribution >= 0.6 is 11.8 Å². The summed E-state index contributed by atoms with van der Waals surface area (Å²) in [6.07, 6.45) is 0.660. The van der Waals surface area contributed by atoms with E-state index >= 15 is 0 Å². The van der Waals surface area contributed by atoms with Crippen molar-refractivity contribution in [3.8, 4) is 6.07 Å². The van der Waals surface area contributed by atoms with Gasteiger partial charge in [-0.25, -0.2) is 14.9 Å². The van der Waals surface area contributed by atoms with Crippen LogP contribution in [0, 0.1) is 11.3 Å². The highest BCUT2D eigenvalue weighted by Gasteiger charge is 2.15. The van der Waals surface area contributed by atoms with Gasteiger partial charge in [-0.3, -0.25) is 4.57 Å². The van der Waals surface area contributed by atoms with E-state index in [-0.39, 0.29) is 22.8 Å². The van der Waals surface area contributed by atoms with E-state index in [0.717, 1.165) is 17.3 Å². The summed E-state index contributed by atoms with van der Waals surface area (Å²) in [7, 11) is 1.60. The normalized spacial score (nSPS) is 12.1. The Kier molecular flexibility index (Phi) is 5.95. The Morgan fingerprint density at radius 1 is 1.44 bits per heavy atom. The lowest BCUT2D eigenvalue weighted by Gasteiger charge is -2.05. The number of nitrogens with zero attached hydrogens (tertiary/aromatic N) is 4. The Morgan fingerprint density at radius 2 is 2.26 bits per heavy atom. The van der Waals surface area contributed by atoms with Crippen LogP contribution in [-0.2, 0) is 11.3 Å². The van der Waals surface area contributed by atoms with Crippen molar-refractivity contribution in [2.75, 3.05) is 19.5 Å². The summed E-state index contributed by atoms with van der Waals surface area (Å²) in [5, 5.41) is 26.6. The van der Waals surface area contributed by atoms with Gasteiger partial charge in [0.25, 0.3) is 0 Å². The highest BCUT2D eigenvalue weighted by atomic mass is 32.2. The van der Waals surface area contributed by atoms with E-state index in [9.17, 15) is 15.2 Å². The molecular formula is C17H18N6O3S. The number of ether oxygens (including phenoxy) is 1. The Morgan fingerprint density at radius 3 is 3.00 bits per heavy atom. The number of para-hydroxylation sites is 2. The molecule has 27 heavy (non-hydrogen) atoms. The molecule has 0 amide bonds. The maximum Gasteiger partial charge on any atom is 0.343 e. The number of fused-ring (bicyclic) bond motifs is 1. The van der Waals surface area contributed by atoms with Gasteiger partial charge in [0, 0.05) is 20.3 Å². The molecular weight excluding hydrogens is 368 g/mol. The molecule has 0 radical (unpaired) electrons. The molecule has 2 aromatic heterocycles. The number of aromatic amines is 2. The summed E-state index contributed by atoms with van der Waals surface area (Å²) in [6, 6.07) is 9.35. The van der Waals surface area contributed by atoms with Crippen LogP contribution in [0.25, 0.3) is 16.6 Å². The van der Waals surface area contributed by atoms with Crippen LogP contribution in [-0.4, -0.2) is 49.3 Å². The van der Waals surface area contributed by atoms with Crippen LogP contribution in [0.5, 0.6) is 0 Å². The van der Waals surface area contributed by atoms with Crippen molar-refractivity contribution in [3.63, 3.8) is 0 Å². The highest BCUT2D eigenvalue weighted by molar-refractivity contribution is 7.99. The van der Waals surface area contributed by atoms with Crippen LogP contribution < -0.4 is 5.69 Å². The molecule has 0 unspecified atom stereocenters. The lowest BCUT2D eigenvalue weighted by Crippen LogP contribution is -2.18. The smallest absolute Gasteiger partial charge is 0.343 e. The number of thioether (sulfide) groups is 1. The lowest BCUT2D eigenvalue weighted by atomic mass is 10.2. The Hall–Kier alpha value is -3.03. The number of hydrogen-bond donors (Lipinski definition) is 3. The molecule has 3 N–H and O–H groups in total. The molecule has 1 aromatic carbocycles. The molecule has 0 aliphatic rings. The van der Waals surface area contributed by atoms with Gasteiger partial charge in [0.05, 0.1) is 16.8 Å². The minimum absolute atomic E-state index is 0.0579. The number of nitrogens with one attached hydrogen (secondary N) is 2. The van der Waals surface area contributed by atoms with Gasteiger partial charge >= 0.3 is 5.69 Å². The van der Waals surface area contributed by atoms with Crippen LogP contribution in [0.1, 0.15) is 12.2 Å². The van der Waals surface area contributed by atoms with Crippen LogP contribution in [0.2, 0.25) is 0 Å². The van der Waals surface area contributed by atoms with Crippen LogP contribution in [0.3, 0.4) is 0 Å². The van der Waals surface area contributed by atoms with Crippen molar-refractivity contribution in [2.45, 2.75) is 18.1 Å². The third kappa shape index (κ3) is 4.21. The number of allylic oxidation sites excluding steroid dienone is 1. The van der Waals surface area contributed by atoms with Crippen molar-refractivity contribution >= 4 is 28.4 Å². The van der Waals surface area contributed by atoms with Gasteiger partial charge < -0.3 is 14.8 Å². The molecule has 9 nitrogen and oxygen atoms in total. The monoisotopic (exact) mass is 386 g/mol. The zero-order valence-electron chi connectivity index (χ0n) is 14.6. The fraction of sp³-hybridized carbons (Fsp3) is 0.294. The van der Waals surface area contributed by atoms with E-state index in [4.69, 9.17) is 4.74 Å². The Balaban J connectivity index is 1.78. The van der Waals surface area contributed by atoms with Crippen molar-refractivity contribution in [1.29, 1.82) is 5.26 Å². The zero-order chi connectivity index (χ0) is 19.2. The summed E-state index contributed by atoms with van der Waals surface area (Å²) in [5.41, 5.74) is 1.22. The number of aliphatic hydroxyl groups excluding tert-OH is 1. The number of H-pyrrole nitrogens is 2. The van der Waals surface area contributed by atoms with Crippen molar-refractivity contribution in [2.24, 2.45) is 0 Å². The number of nitriles is 1. The first kappa shape index (κ1) is 18.8. The summed E-state index contributed by atoms with van der Waals surface area (Å²) in [4.78, 5) is 19.2. The number of aromatic nitrogens is 5. The van der Waals surface area contributed by atoms with Crippen molar-refractivity contribution in [3.05, 3.63) is 46.3 Å². The molecule has 0 fully saturated rings. The quantitative estimate of drug-likeness (QED) is 0.234. The van der Waals surface area contributed by atoms with Crippen molar-refractivity contribution < 1.29 is 9.84 Å². The standard InChI is InChI=1S/C17H18N6O3S/c1-26-8-4-7-23-16(25)21-22-17(23)27-10-14(24)11(9-18)15-19-12-5-2-3-6-13(12)20-15/h2-3,5-6,24H,4,7-8,10H2,1H3,(H,19,20)(H,21,25)/b14-11-. The fourth-order valence-electron chi connectivity index (χ4n) is 2.51. The topological polar surface area (TPSA) is 133 Å². The largest absolute Gasteiger partial charge is 0.510 e. The fourth-order valence-corrected chi connectivity index (χ4v) is 3.36. The lowest BCUT2D eigenvalue weighted by molar-refractivity contribution is 0.189. The summed E-state index contributed by atoms with van der Waals surface area (Å²) in [5.74, 6) is 0.242. The molecule has 2 heterocycles. The third-order valence-electron chi connectivity index (χ3n) is 3.82. The number of rotatable bonds is 8. The molecule has 10 heteroatoms. The van der Waals surface area contributed by atoms with Gasteiger partial charge in [0.15, 0.2) is 11.0 Å². The maximum atomic E-state index is 11.8. The molecule has 0 atom stereocenters. The van der Waals surface area contributed by atoms with Gasteiger partial charge in [0.1, 0.15) is 17.4 Å². The van der Waals surface area contributed by atoms with E-state index in [2.05, 4.69) is 20.2 Å². The summed E-state index contributed by atoms with van der Waals surface area (Å²) >= 11 is 1.16. The molecule has 3 rings (SSSR count). The van der Waals surface area contributed by atoms with Gasteiger partial charge in [-0.15, -0.1) is 5.10 Å². The van der Waals surface area contributed by atoms with Crippen LogP contribution in [0.4, 0.5) is 0 Å². The molecule has 0 spiro atoms. The van der Waals surface area contributed by atoms with Gasteiger partial charge in [-0.1, -0.05) is 23.9 Å². The summed E-state index contributed by atoms with van der Waals surface area (Å²) < 4.78 is 6.47. The van der Waals surface area contributed by atoms with E-state index in [1.807, 2.05) is 30.3 Å². The molecule has 140 valence electrons. The van der Waals surface area contributed by atoms with Crippen LogP contribution in [0.15, 0.2) is 40.0 Å². The second-order valence-corrected chi connectivity index (χ2v) is 6.58. The van der Waals surface area contributed by atoms with E-state index in [1.54, 1.807) is 7.11 Å². The molecule has 0 bridgehead atoms. The molecule has 0 saturated heterocycles. The average Bonchev–Trinajstić information content (AvgIpc) is 3.24. The molecule has 3 aromatic rings. The SMILES string of the molecule is COCCCn1c(SC/C(O)=C(\C#N)c2nc3ccccc3[nH]2)n[nH]c1=O. The minimum Gasteiger partial charge on any atom is -0.510 e. The molecule has 0 aliphatic carbocycles. The van der Waals surface area contributed by atoms with Gasteiger partial charge in [-0.2, -0.15) is 5.26 Å². The molecule has 0 aliphatic heterocycles. The second-order valence-electron chi connectivity index (χ2n) is 5.63. The van der Waals surface area contributed by atoms with E-state index < -0.39 is 0 Å². The van der Waals surface area contributed by atoms with Crippen molar-refractivity contribution in [1.82, 2.24) is 24.7 Å². The van der Waals surface area contributed by atoms with E-state index in [1.165, 1.54) is 4.57 Å². The summed E-state index contributed by atoms with van der Waals surface area (Å²) in [6.45, 7) is 0.974. The second kappa shape index (κ2) is 8.57. The van der Waals surface area contributed by atoms with Gasteiger partial charge in [0.2, 0.25) is 0 Å². The number of hydrogen-bond acceptors (Lipinski definition) is 7. The zero-order valence-corrected chi connectivity index (χ0v) is 15.4. The maximum absolute atomic E-state index is 11.8. The highest BCUT2D eigenvalue weighted by Crippen LogP contribution is 2.23. The predicted octanol–water partition coefficient (Wildman–Crippen LogP) is 2.07. The Labute approximate surface area is 158 Å². The minimum atomic E-state index is -0.324. The molecule has 0 saturated carbocycles. The number of methoxy groups -OCH3 is 1. The number of imidazole rings is 1. The number of aliphatic hydroxyl groups is 1. The predicted molar refractivity (Wildman–Crippen MR) is 101 cm³/mol. The third-order valence-corrected chi connectivity index (χ3v) is 4.81. The Bertz CT molecular complexity index is 1030. The first-order chi connectivity index (χ1) is 13.1. The number of benzene rings is 1.